The van der Waals surface area contributed by atoms with Crippen LogP contribution in [-0.2, 0) is 9.59 Å². The Labute approximate surface area is 109 Å². The molecule has 4 heteroatoms. The number of hydrogen-bond donors (Lipinski definition) is 1. The summed E-state index contributed by atoms with van der Waals surface area (Å²) >= 11 is 0. The fourth-order valence-electron chi connectivity index (χ4n) is 2.96. The van der Waals surface area contributed by atoms with Crippen molar-refractivity contribution in [3.05, 3.63) is 0 Å². The predicted octanol–water partition coefficient (Wildman–Crippen LogP) is 1.69. The Morgan fingerprint density at radius 1 is 1.33 bits per heavy atom. The van der Waals surface area contributed by atoms with Crippen molar-refractivity contribution in [1.82, 2.24) is 10.2 Å². The van der Waals surface area contributed by atoms with Gasteiger partial charge >= 0.3 is 0 Å². The fourth-order valence-corrected chi connectivity index (χ4v) is 2.96. The van der Waals surface area contributed by atoms with Crippen LogP contribution >= 0.6 is 0 Å². The van der Waals surface area contributed by atoms with Crippen LogP contribution in [-0.4, -0.2) is 34.8 Å². The molecule has 0 aromatic carbocycles. The molecule has 0 radical (unpaired) electrons. The van der Waals surface area contributed by atoms with E-state index in [1.54, 1.807) is 0 Å². The summed E-state index contributed by atoms with van der Waals surface area (Å²) in [5.41, 5.74) is 0. The van der Waals surface area contributed by atoms with Crippen molar-refractivity contribution in [2.45, 2.75) is 71.0 Å². The highest BCUT2D eigenvalue weighted by molar-refractivity contribution is 5.97. The van der Waals surface area contributed by atoms with Gasteiger partial charge < -0.3 is 10.2 Å². The third-order valence-electron chi connectivity index (χ3n) is 4.12. The zero-order chi connectivity index (χ0) is 13.3. The van der Waals surface area contributed by atoms with Gasteiger partial charge in [0.1, 0.15) is 12.1 Å². The summed E-state index contributed by atoms with van der Waals surface area (Å²) < 4.78 is 0. The first-order valence-electron chi connectivity index (χ1n) is 7.22. The van der Waals surface area contributed by atoms with Crippen LogP contribution in [0.1, 0.15) is 52.9 Å². The van der Waals surface area contributed by atoms with Gasteiger partial charge in [-0.1, -0.05) is 20.3 Å². The van der Waals surface area contributed by atoms with Gasteiger partial charge in [-0.3, -0.25) is 9.59 Å². The molecule has 0 bridgehead atoms. The number of amides is 2. The number of nitrogens with zero attached hydrogens (tertiary/aromatic N) is 1. The Balaban J connectivity index is 2.18. The van der Waals surface area contributed by atoms with Crippen LogP contribution in [0.4, 0.5) is 0 Å². The van der Waals surface area contributed by atoms with Gasteiger partial charge in [-0.05, 0) is 38.5 Å². The van der Waals surface area contributed by atoms with Gasteiger partial charge in [-0.2, -0.15) is 0 Å². The van der Waals surface area contributed by atoms with Crippen LogP contribution in [0.15, 0.2) is 0 Å². The summed E-state index contributed by atoms with van der Waals surface area (Å²) in [5.74, 6) is 0.567. The number of hydrogen-bond acceptors (Lipinski definition) is 2. The van der Waals surface area contributed by atoms with Gasteiger partial charge in [0.2, 0.25) is 11.8 Å². The highest BCUT2D eigenvalue weighted by Gasteiger charge is 2.47. The normalized spacial score (nSPS) is 30.3. The van der Waals surface area contributed by atoms with Gasteiger partial charge in [-0.25, -0.2) is 0 Å². The minimum absolute atomic E-state index is 0.0388. The summed E-state index contributed by atoms with van der Waals surface area (Å²) in [4.78, 5) is 26.5. The smallest absolute Gasteiger partial charge is 0.246 e. The molecule has 1 aliphatic carbocycles. The number of nitrogens with one attached hydrogen (secondary N) is 1. The molecule has 2 amide bonds. The second-order valence-corrected chi connectivity index (χ2v) is 5.63. The van der Waals surface area contributed by atoms with Crippen molar-refractivity contribution in [2.75, 3.05) is 0 Å². The van der Waals surface area contributed by atoms with Gasteiger partial charge in [0.15, 0.2) is 0 Å². The van der Waals surface area contributed by atoms with Crippen LogP contribution in [0, 0.1) is 5.92 Å². The molecule has 1 saturated heterocycles. The van der Waals surface area contributed by atoms with Crippen LogP contribution in [0.3, 0.4) is 0 Å². The van der Waals surface area contributed by atoms with E-state index in [9.17, 15) is 9.59 Å². The third-order valence-corrected chi connectivity index (χ3v) is 4.12. The largest absolute Gasteiger partial charge is 0.342 e. The first kappa shape index (κ1) is 13.4. The van der Waals surface area contributed by atoms with Crippen LogP contribution in [0.25, 0.3) is 0 Å². The van der Waals surface area contributed by atoms with Gasteiger partial charge in [-0.15, -0.1) is 0 Å². The molecule has 4 nitrogen and oxygen atoms in total. The van der Waals surface area contributed by atoms with Gasteiger partial charge in [0, 0.05) is 6.04 Å². The molecule has 1 N–H and O–H groups in total. The number of rotatable bonds is 5. The highest BCUT2D eigenvalue weighted by Crippen LogP contribution is 2.36. The topological polar surface area (TPSA) is 49.4 Å². The Bertz CT molecular complexity index is 339. The molecule has 3 unspecified atom stereocenters. The second kappa shape index (κ2) is 5.29. The molecule has 2 fully saturated rings. The van der Waals surface area contributed by atoms with Crippen LogP contribution in [0.5, 0.6) is 0 Å². The molecular weight excluding hydrogens is 228 g/mol. The van der Waals surface area contributed by atoms with Crippen molar-refractivity contribution in [3.8, 4) is 0 Å². The zero-order valence-electron chi connectivity index (χ0n) is 11.6. The standard InChI is InChI=1S/C14H24N2O2/c1-4-6-9(3)16-11(5-2)13(17)15-12(14(16)18)10-7-8-10/h9-12H,4-8H2,1-3H3,(H,15,17). The summed E-state index contributed by atoms with van der Waals surface area (Å²) in [6, 6.07) is -0.353. The molecule has 102 valence electrons. The SMILES string of the molecule is CCCC(C)N1C(=O)C(C2CC2)NC(=O)C1CC. The van der Waals surface area contributed by atoms with E-state index in [1.807, 2.05) is 11.8 Å². The van der Waals surface area contributed by atoms with E-state index < -0.39 is 0 Å². The molecule has 2 aliphatic rings. The molecule has 0 aromatic rings. The van der Waals surface area contributed by atoms with E-state index in [-0.39, 0.29) is 29.9 Å². The van der Waals surface area contributed by atoms with Crippen LogP contribution in [0.2, 0.25) is 0 Å². The van der Waals surface area contributed by atoms with Crippen molar-refractivity contribution >= 4 is 11.8 Å². The molecule has 1 heterocycles. The van der Waals surface area contributed by atoms with E-state index in [2.05, 4.69) is 19.2 Å². The number of carbonyl (C=O) groups is 2. The second-order valence-electron chi connectivity index (χ2n) is 5.63. The number of carbonyl (C=O) groups excluding carboxylic acids is 2. The lowest BCUT2D eigenvalue weighted by Crippen LogP contribution is -2.65. The van der Waals surface area contributed by atoms with E-state index in [0.717, 1.165) is 25.7 Å². The average molecular weight is 252 g/mol. The van der Waals surface area contributed by atoms with Gasteiger partial charge in [0.05, 0.1) is 0 Å². The van der Waals surface area contributed by atoms with E-state index in [1.165, 1.54) is 0 Å². The van der Waals surface area contributed by atoms with Gasteiger partial charge in [0.25, 0.3) is 0 Å². The number of piperazine rings is 1. The lowest BCUT2D eigenvalue weighted by atomic mass is 9.98. The molecule has 2 rings (SSSR count). The Morgan fingerprint density at radius 3 is 2.50 bits per heavy atom. The summed E-state index contributed by atoms with van der Waals surface area (Å²) in [7, 11) is 0. The van der Waals surface area contributed by atoms with Crippen LogP contribution < -0.4 is 5.32 Å². The lowest BCUT2D eigenvalue weighted by molar-refractivity contribution is -0.152. The maximum atomic E-state index is 12.5. The Kier molecular flexibility index (Phi) is 3.93. The molecule has 1 saturated carbocycles. The first-order valence-corrected chi connectivity index (χ1v) is 7.22. The fraction of sp³-hybridized carbons (Fsp3) is 0.857. The minimum atomic E-state index is -0.269. The summed E-state index contributed by atoms with van der Waals surface area (Å²) in [6.07, 6.45) is 4.85. The van der Waals surface area contributed by atoms with E-state index in [0.29, 0.717) is 12.3 Å². The average Bonchev–Trinajstić information content (AvgIpc) is 3.15. The maximum absolute atomic E-state index is 12.5. The van der Waals surface area contributed by atoms with E-state index in [4.69, 9.17) is 0 Å². The highest BCUT2D eigenvalue weighted by atomic mass is 16.2. The Hall–Kier alpha value is -1.06. The molecular formula is C14H24N2O2. The van der Waals surface area contributed by atoms with Crippen molar-refractivity contribution in [2.24, 2.45) is 5.92 Å². The molecule has 18 heavy (non-hydrogen) atoms. The van der Waals surface area contributed by atoms with Crippen molar-refractivity contribution in [3.63, 3.8) is 0 Å². The first-order chi connectivity index (χ1) is 8.60. The summed E-state index contributed by atoms with van der Waals surface area (Å²) in [5, 5.41) is 2.93. The third kappa shape index (κ3) is 2.38. The Morgan fingerprint density at radius 2 is 2.00 bits per heavy atom. The molecule has 3 atom stereocenters. The predicted molar refractivity (Wildman–Crippen MR) is 69.9 cm³/mol. The van der Waals surface area contributed by atoms with E-state index >= 15 is 0 Å². The zero-order valence-corrected chi connectivity index (χ0v) is 11.6. The molecule has 0 aromatic heterocycles. The lowest BCUT2D eigenvalue weighted by Gasteiger charge is -2.42. The quantitative estimate of drug-likeness (QED) is 0.809. The van der Waals surface area contributed by atoms with Crippen molar-refractivity contribution in [1.29, 1.82) is 0 Å². The molecule has 0 spiro atoms. The van der Waals surface area contributed by atoms with Crippen molar-refractivity contribution < 1.29 is 9.59 Å². The minimum Gasteiger partial charge on any atom is -0.342 e. The summed E-state index contributed by atoms with van der Waals surface area (Å²) in [6.45, 7) is 6.15. The monoisotopic (exact) mass is 252 g/mol. The maximum Gasteiger partial charge on any atom is 0.246 e. The molecule has 1 aliphatic heterocycles.